The van der Waals surface area contributed by atoms with Crippen LogP contribution in [0.25, 0.3) is 11.0 Å². The summed E-state index contributed by atoms with van der Waals surface area (Å²) in [5, 5.41) is 3.52. The first-order valence-corrected chi connectivity index (χ1v) is 6.48. The van der Waals surface area contributed by atoms with Gasteiger partial charge in [0, 0.05) is 11.4 Å². The quantitative estimate of drug-likeness (QED) is 0.706. The number of anilines is 3. The fraction of sp³-hybridized carbons (Fsp3) is 0. The van der Waals surface area contributed by atoms with Crippen molar-refractivity contribution in [1.29, 1.82) is 0 Å². The minimum Gasteiger partial charge on any atom is -0.399 e. The Hall–Kier alpha value is -1.92. The summed E-state index contributed by atoms with van der Waals surface area (Å²) in [4.78, 5) is 0. The summed E-state index contributed by atoms with van der Waals surface area (Å²) in [5.41, 5.74) is 8.44. The highest BCUT2D eigenvalue weighted by Crippen LogP contribution is 2.33. The lowest BCUT2D eigenvalue weighted by Gasteiger charge is -2.09. The third-order valence-corrected chi connectivity index (χ3v) is 3.42. The van der Waals surface area contributed by atoms with Crippen molar-refractivity contribution in [3.63, 3.8) is 0 Å². The zero-order chi connectivity index (χ0) is 13.4. The van der Waals surface area contributed by atoms with Gasteiger partial charge < -0.3 is 11.1 Å². The smallest absolute Gasteiger partial charge is 0.129 e. The molecule has 0 amide bonds. The summed E-state index contributed by atoms with van der Waals surface area (Å²) in [6, 6.07) is 7.71. The third-order valence-electron chi connectivity index (χ3n) is 2.57. The number of benzene rings is 2. The average molecular weight is 295 g/mol. The molecule has 0 aliphatic rings. The lowest BCUT2D eigenvalue weighted by Crippen LogP contribution is -1.95. The van der Waals surface area contributed by atoms with E-state index in [9.17, 15) is 4.39 Å². The summed E-state index contributed by atoms with van der Waals surface area (Å²) >= 11 is 7.23. The van der Waals surface area contributed by atoms with Crippen LogP contribution in [0.1, 0.15) is 0 Å². The second kappa shape index (κ2) is 4.64. The zero-order valence-electron chi connectivity index (χ0n) is 9.52. The molecule has 2 aromatic carbocycles. The predicted molar refractivity (Wildman–Crippen MR) is 76.5 cm³/mol. The van der Waals surface area contributed by atoms with Crippen LogP contribution in [0.3, 0.4) is 0 Å². The van der Waals surface area contributed by atoms with E-state index < -0.39 is 5.82 Å². The van der Waals surface area contributed by atoms with E-state index in [0.717, 1.165) is 17.2 Å². The van der Waals surface area contributed by atoms with Gasteiger partial charge in [-0.15, -0.1) is 0 Å². The van der Waals surface area contributed by atoms with Crippen molar-refractivity contribution < 1.29 is 4.39 Å². The molecule has 0 unspecified atom stereocenters. The van der Waals surface area contributed by atoms with Gasteiger partial charge in [0.2, 0.25) is 0 Å². The molecule has 0 fully saturated rings. The van der Waals surface area contributed by atoms with E-state index in [0.29, 0.717) is 27.6 Å². The van der Waals surface area contributed by atoms with E-state index in [4.69, 9.17) is 17.3 Å². The van der Waals surface area contributed by atoms with Gasteiger partial charge in [0.15, 0.2) is 0 Å². The highest BCUT2D eigenvalue weighted by atomic mass is 35.5. The van der Waals surface area contributed by atoms with E-state index in [-0.39, 0.29) is 0 Å². The molecule has 96 valence electrons. The summed E-state index contributed by atoms with van der Waals surface area (Å²) in [7, 11) is 0. The van der Waals surface area contributed by atoms with Crippen LogP contribution in [0.15, 0.2) is 30.3 Å². The molecular formula is C12H8ClFN4S. The summed E-state index contributed by atoms with van der Waals surface area (Å²) in [5.74, 6) is -0.415. The molecule has 4 nitrogen and oxygen atoms in total. The molecule has 1 aromatic heterocycles. The van der Waals surface area contributed by atoms with Crippen LogP contribution in [-0.4, -0.2) is 8.75 Å². The Morgan fingerprint density at radius 3 is 2.84 bits per heavy atom. The molecule has 0 aliphatic heterocycles. The van der Waals surface area contributed by atoms with Crippen molar-refractivity contribution in [2.24, 2.45) is 0 Å². The summed E-state index contributed by atoms with van der Waals surface area (Å²) in [6.45, 7) is 0. The maximum absolute atomic E-state index is 13.3. The largest absolute Gasteiger partial charge is 0.399 e. The lowest BCUT2D eigenvalue weighted by molar-refractivity contribution is 0.629. The molecule has 7 heteroatoms. The Bertz CT molecular complexity index is 738. The molecule has 19 heavy (non-hydrogen) atoms. The maximum atomic E-state index is 13.3. The van der Waals surface area contributed by atoms with Gasteiger partial charge in [-0.05, 0) is 30.3 Å². The SMILES string of the molecule is Nc1cc(F)cc(Nc2c(Cl)ccc3nsnc23)c1. The van der Waals surface area contributed by atoms with Crippen molar-refractivity contribution in [2.45, 2.75) is 0 Å². The minimum atomic E-state index is -0.415. The Morgan fingerprint density at radius 2 is 2.05 bits per heavy atom. The van der Waals surface area contributed by atoms with Gasteiger partial charge in [-0.3, -0.25) is 0 Å². The van der Waals surface area contributed by atoms with E-state index in [1.807, 2.05) is 0 Å². The molecule has 3 rings (SSSR count). The highest BCUT2D eigenvalue weighted by Gasteiger charge is 2.10. The number of halogens is 2. The first-order chi connectivity index (χ1) is 9.13. The number of fused-ring (bicyclic) bond motifs is 1. The van der Waals surface area contributed by atoms with Crippen LogP contribution in [-0.2, 0) is 0 Å². The van der Waals surface area contributed by atoms with Crippen LogP contribution in [0.2, 0.25) is 5.02 Å². The number of hydrogen-bond donors (Lipinski definition) is 2. The van der Waals surface area contributed by atoms with Crippen molar-refractivity contribution in [3.8, 4) is 0 Å². The van der Waals surface area contributed by atoms with Gasteiger partial charge in [0.05, 0.1) is 22.4 Å². The summed E-state index contributed by atoms with van der Waals surface area (Å²) < 4.78 is 21.6. The van der Waals surface area contributed by atoms with Gasteiger partial charge >= 0.3 is 0 Å². The van der Waals surface area contributed by atoms with Crippen LogP contribution in [0, 0.1) is 5.82 Å². The van der Waals surface area contributed by atoms with Crippen molar-refractivity contribution >= 4 is 51.4 Å². The van der Waals surface area contributed by atoms with E-state index >= 15 is 0 Å². The summed E-state index contributed by atoms with van der Waals surface area (Å²) in [6.07, 6.45) is 0. The molecule has 3 N–H and O–H groups in total. The zero-order valence-corrected chi connectivity index (χ0v) is 11.1. The number of hydrogen-bond acceptors (Lipinski definition) is 5. The van der Waals surface area contributed by atoms with E-state index in [1.54, 1.807) is 18.2 Å². The Kier molecular flexibility index (Phi) is 2.96. The molecular weight excluding hydrogens is 287 g/mol. The maximum Gasteiger partial charge on any atom is 0.129 e. The number of nitrogens with zero attached hydrogens (tertiary/aromatic N) is 2. The second-order valence-corrected chi connectivity index (χ2v) is 4.89. The molecule has 0 saturated carbocycles. The van der Waals surface area contributed by atoms with Crippen LogP contribution in [0.5, 0.6) is 0 Å². The van der Waals surface area contributed by atoms with Gasteiger partial charge in [-0.25, -0.2) is 4.39 Å². The Morgan fingerprint density at radius 1 is 1.21 bits per heavy atom. The molecule has 0 bridgehead atoms. The Balaban J connectivity index is 2.09. The number of nitrogen functional groups attached to an aromatic ring is 1. The predicted octanol–water partition coefficient (Wildman–Crippen LogP) is 3.81. The topological polar surface area (TPSA) is 63.8 Å². The van der Waals surface area contributed by atoms with Gasteiger partial charge in [-0.1, -0.05) is 11.6 Å². The first-order valence-electron chi connectivity index (χ1n) is 5.37. The highest BCUT2D eigenvalue weighted by molar-refractivity contribution is 7.00. The lowest BCUT2D eigenvalue weighted by atomic mass is 10.2. The van der Waals surface area contributed by atoms with Gasteiger partial charge in [-0.2, -0.15) is 8.75 Å². The molecule has 3 aromatic rings. The first kappa shape index (κ1) is 12.1. The average Bonchev–Trinajstić information content (AvgIpc) is 2.80. The van der Waals surface area contributed by atoms with Gasteiger partial charge in [0.25, 0.3) is 0 Å². The second-order valence-electron chi connectivity index (χ2n) is 3.95. The van der Waals surface area contributed by atoms with Crippen LogP contribution >= 0.6 is 23.3 Å². The monoisotopic (exact) mass is 294 g/mol. The molecule has 1 heterocycles. The molecule has 0 radical (unpaired) electrons. The van der Waals surface area contributed by atoms with Gasteiger partial charge in [0.1, 0.15) is 16.9 Å². The van der Waals surface area contributed by atoms with Crippen molar-refractivity contribution in [3.05, 3.63) is 41.2 Å². The minimum absolute atomic E-state index is 0.335. The standard InChI is InChI=1S/C12H8ClFN4S/c13-9-1-2-10-12(18-19-17-10)11(9)16-8-4-6(14)3-7(15)5-8/h1-5,16H,15H2. The Labute approximate surface area is 117 Å². The molecule has 0 atom stereocenters. The molecule has 0 spiro atoms. The van der Waals surface area contributed by atoms with E-state index in [2.05, 4.69) is 14.1 Å². The molecule has 0 aliphatic carbocycles. The van der Waals surface area contributed by atoms with Crippen molar-refractivity contribution in [1.82, 2.24) is 8.75 Å². The van der Waals surface area contributed by atoms with Crippen LogP contribution in [0.4, 0.5) is 21.5 Å². The van der Waals surface area contributed by atoms with Crippen molar-refractivity contribution in [2.75, 3.05) is 11.1 Å². The fourth-order valence-corrected chi connectivity index (χ4v) is 2.52. The van der Waals surface area contributed by atoms with E-state index in [1.165, 1.54) is 12.1 Å². The number of rotatable bonds is 2. The number of aromatic nitrogens is 2. The number of nitrogens with one attached hydrogen (secondary N) is 1. The molecule has 0 saturated heterocycles. The fourth-order valence-electron chi connectivity index (χ4n) is 1.77. The van der Waals surface area contributed by atoms with Crippen LogP contribution < -0.4 is 11.1 Å². The number of nitrogens with two attached hydrogens (primary N) is 1. The normalized spacial score (nSPS) is 10.8. The third kappa shape index (κ3) is 2.32.